The van der Waals surface area contributed by atoms with Crippen LogP contribution in [0.5, 0.6) is 0 Å². The molecule has 6 nitrogen and oxygen atoms in total. The SMILES string of the molecule is Cc1occc1C(=O)NN1C(=O)C(=Cc2ccc3ncccc3c2)SC1=S. The van der Waals surface area contributed by atoms with E-state index in [0.717, 1.165) is 33.2 Å². The largest absolute Gasteiger partial charge is 0.469 e. The van der Waals surface area contributed by atoms with Crippen molar-refractivity contribution in [3.05, 3.63) is 70.7 Å². The van der Waals surface area contributed by atoms with Gasteiger partial charge in [0.2, 0.25) is 0 Å². The normalized spacial score (nSPS) is 15.7. The Morgan fingerprint density at radius 3 is 2.96 bits per heavy atom. The summed E-state index contributed by atoms with van der Waals surface area (Å²) in [5.74, 6) is -0.348. The molecule has 0 saturated carbocycles. The predicted molar refractivity (Wildman–Crippen MR) is 108 cm³/mol. The number of carbonyl (C=O) groups is 2. The number of thioether (sulfide) groups is 1. The zero-order chi connectivity index (χ0) is 19.0. The van der Waals surface area contributed by atoms with Gasteiger partial charge in [-0.05, 0) is 55.0 Å². The number of benzene rings is 1. The van der Waals surface area contributed by atoms with Crippen molar-refractivity contribution in [3.63, 3.8) is 0 Å². The highest BCUT2D eigenvalue weighted by atomic mass is 32.2. The lowest BCUT2D eigenvalue weighted by Crippen LogP contribution is -2.44. The second kappa shape index (κ2) is 6.98. The van der Waals surface area contributed by atoms with E-state index in [1.165, 1.54) is 6.26 Å². The molecule has 1 N–H and O–H groups in total. The first-order valence-electron chi connectivity index (χ1n) is 8.01. The Morgan fingerprint density at radius 1 is 1.33 bits per heavy atom. The van der Waals surface area contributed by atoms with Gasteiger partial charge in [-0.25, -0.2) is 0 Å². The highest BCUT2D eigenvalue weighted by Crippen LogP contribution is 2.32. The minimum absolute atomic E-state index is 0.267. The van der Waals surface area contributed by atoms with Crippen molar-refractivity contribution in [1.82, 2.24) is 15.4 Å². The lowest BCUT2D eigenvalue weighted by Gasteiger charge is -2.15. The molecular weight excluding hydrogens is 382 g/mol. The van der Waals surface area contributed by atoms with Crippen LogP contribution in [-0.4, -0.2) is 26.1 Å². The van der Waals surface area contributed by atoms with E-state index >= 15 is 0 Å². The Kier molecular flexibility index (Phi) is 4.51. The van der Waals surface area contributed by atoms with Gasteiger partial charge in [0.25, 0.3) is 11.8 Å². The molecule has 1 aliphatic rings. The van der Waals surface area contributed by atoms with Crippen LogP contribution in [0, 0.1) is 6.92 Å². The Labute approximate surface area is 164 Å². The van der Waals surface area contributed by atoms with E-state index in [-0.39, 0.29) is 10.2 Å². The number of fused-ring (bicyclic) bond motifs is 1. The quantitative estimate of drug-likeness (QED) is 0.539. The van der Waals surface area contributed by atoms with Crippen molar-refractivity contribution in [1.29, 1.82) is 0 Å². The molecule has 0 unspecified atom stereocenters. The number of nitrogens with one attached hydrogen (secondary N) is 1. The smallest absolute Gasteiger partial charge is 0.285 e. The summed E-state index contributed by atoms with van der Waals surface area (Å²) in [7, 11) is 0. The number of aromatic nitrogens is 1. The number of rotatable bonds is 3. The van der Waals surface area contributed by atoms with Crippen molar-refractivity contribution >= 4 is 57.1 Å². The van der Waals surface area contributed by atoms with Gasteiger partial charge in [-0.15, -0.1) is 0 Å². The number of thiocarbonyl (C=S) groups is 1. The van der Waals surface area contributed by atoms with Crippen molar-refractivity contribution in [2.24, 2.45) is 0 Å². The van der Waals surface area contributed by atoms with Gasteiger partial charge in [0.05, 0.1) is 22.2 Å². The number of amides is 2. The van der Waals surface area contributed by atoms with E-state index in [1.807, 2.05) is 30.3 Å². The standard InChI is InChI=1S/C19H13N3O3S2/c1-11-14(6-8-25-11)17(23)21-22-18(24)16(27-19(22)26)10-12-4-5-15-13(9-12)3-2-7-20-15/h2-10H,1H3,(H,21,23). The Bertz CT molecular complexity index is 1120. The zero-order valence-electron chi connectivity index (χ0n) is 14.1. The van der Waals surface area contributed by atoms with E-state index in [2.05, 4.69) is 10.4 Å². The lowest BCUT2D eigenvalue weighted by molar-refractivity contribution is -0.123. The van der Waals surface area contributed by atoms with Gasteiger partial charge in [0.15, 0.2) is 4.32 Å². The summed E-state index contributed by atoms with van der Waals surface area (Å²) in [6.07, 6.45) is 4.90. The third kappa shape index (κ3) is 3.36. The minimum atomic E-state index is -0.449. The van der Waals surface area contributed by atoms with Gasteiger partial charge in [0.1, 0.15) is 5.76 Å². The first kappa shape index (κ1) is 17.4. The topological polar surface area (TPSA) is 75.4 Å². The Balaban J connectivity index is 1.57. The van der Waals surface area contributed by atoms with Gasteiger partial charge in [-0.2, -0.15) is 5.01 Å². The summed E-state index contributed by atoms with van der Waals surface area (Å²) in [5, 5.41) is 2.06. The van der Waals surface area contributed by atoms with Gasteiger partial charge >= 0.3 is 0 Å². The van der Waals surface area contributed by atoms with E-state index in [1.54, 1.807) is 25.3 Å². The molecule has 1 saturated heterocycles. The molecule has 0 atom stereocenters. The molecule has 3 heterocycles. The Morgan fingerprint density at radius 2 is 2.19 bits per heavy atom. The maximum absolute atomic E-state index is 12.7. The van der Waals surface area contributed by atoms with Crippen LogP contribution < -0.4 is 5.43 Å². The molecule has 8 heteroatoms. The van der Waals surface area contributed by atoms with Crippen molar-refractivity contribution in [3.8, 4) is 0 Å². The fourth-order valence-electron chi connectivity index (χ4n) is 2.68. The van der Waals surface area contributed by atoms with Crippen molar-refractivity contribution in [2.45, 2.75) is 6.92 Å². The maximum Gasteiger partial charge on any atom is 0.285 e. The van der Waals surface area contributed by atoms with Gasteiger partial charge in [0, 0.05) is 11.6 Å². The van der Waals surface area contributed by atoms with Crippen LogP contribution in [-0.2, 0) is 4.79 Å². The number of nitrogens with zero attached hydrogens (tertiary/aromatic N) is 2. The molecule has 1 aliphatic heterocycles. The van der Waals surface area contributed by atoms with Gasteiger partial charge in [-0.1, -0.05) is 23.9 Å². The molecule has 4 rings (SSSR count). The molecule has 3 aromatic rings. The van der Waals surface area contributed by atoms with Gasteiger partial charge < -0.3 is 4.42 Å². The van der Waals surface area contributed by atoms with Crippen LogP contribution in [0.15, 0.2) is 58.2 Å². The molecular formula is C19H13N3O3S2. The third-order valence-corrected chi connectivity index (χ3v) is 5.34. The second-order valence-electron chi connectivity index (χ2n) is 5.80. The Hall–Kier alpha value is -2.97. The highest BCUT2D eigenvalue weighted by molar-refractivity contribution is 8.26. The molecule has 0 bridgehead atoms. The fraction of sp³-hybridized carbons (Fsp3) is 0.0526. The zero-order valence-corrected chi connectivity index (χ0v) is 15.8. The van der Waals surface area contributed by atoms with Crippen LogP contribution in [0.2, 0.25) is 0 Å². The van der Waals surface area contributed by atoms with Crippen LogP contribution in [0.3, 0.4) is 0 Å². The average molecular weight is 395 g/mol. The fourth-order valence-corrected chi connectivity index (χ4v) is 3.86. The lowest BCUT2D eigenvalue weighted by atomic mass is 10.1. The number of carbonyl (C=O) groups excluding carboxylic acids is 2. The molecule has 1 fully saturated rings. The van der Waals surface area contributed by atoms with Crippen LogP contribution >= 0.6 is 24.0 Å². The van der Waals surface area contributed by atoms with Crippen LogP contribution in [0.1, 0.15) is 21.7 Å². The first-order chi connectivity index (χ1) is 13.0. The molecule has 0 aliphatic carbocycles. The molecule has 27 heavy (non-hydrogen) atoms. The summed E-state index contributed by atoms with van der Waals surface area (Å²) in [6, 6.07) is 11.1. The van der Waals surface area contributed by atoms with Crippen LogP contribution in [0.25, 0.3) is 17.0 Å². The molecule has 1 aromatic carbocycles. The van der Waals surface area contributed by atoms with Crippen molar-refractivity contribution < 1.29 is 14.0 Å². The van der Waals surface area contributed by atoms with E-state index in [4.69, 9.17) is 16.6 Å². The number of hydrogen-bond donors (Lipinski definition) is 1. The summed E-state index contributed by atoms with van der Waals surface area (Å²) in [5.41, 5.74) is 4.63. The summed E-state index contributed by atoms with van der Waals surface area (Å²) < 4.78 is 5.39. The number of pyridine rings is 1. The number of hydrogen-bond acceptors (Lipinski definition) is 6. The molecule has 0 spiro atoms. The molecule has 2 aromatic heterocycles. The first-order valence-corrected chi connectivity index (χ1v) is 9.23. The summed E-state index contributed by atoms with van der Waals surface area (Å²) >= 11 is 6.39. The van der Waals surface area contributed by atoms with Crippen molar-refractivity contribution in [2.75, 3.05) is 0 Å². The van der Waals surface area contributed by atoms with Gasteiger partial charge in [-0.3, -0.25) is 20.0 Å². The molecule has 0 radical (unpaired) electrons. The molecule has 2 amide bonds. The third-order valence-electron chi connectivity index (χ3n) is 4.04. The van der Waals surface area contributed by atoms with E-state index < -0.39 is 5.91 Å². The second-order valence-corrected chi connectivity index (χ2v) is 7.48. The minimum Gasteiger partial charge on any atom is -0.469 e. The van der Waals surface area contributed by atoms with Crippen LogP contribution in [0.4, 0.5) is 0 Å². The average Bonchev–Trinajstić information content (AvgIpc) is 3.20. The monoisotopic (exact) mass is 395 g/mol. The summed E-state index contributed by atoms with van der Waals surface area (Å²) in [4.78, 5) is 29.7. The number of aryl methyl sites for hydroxylation is 1. The van der Waals surface area contributed by atoms with E-state index in [9.17, 15) is 9.59 Å². The number of furan rings is 1. The highest BCUT2D eigenvalue weighted by Gasteiger charge is 2.34. The maximum atomic E-state index is 12.7. The predicted octanol–water partition coefficient (Wildman–Crippen LogP) is 3.68. The van der Waals surface area contributed by atoms with E-state index in [0.29, 0.717) is 16.2 Å². The number of hydrazine groups is 1. The summed E-state index contributed by atoms with van der Waals surface area (Å²) in [6.45, 7) is 1.67. The molecule has 134 valence electrons.